The van der Waals surface area contributed by atoms with Crippen LogP contribution in [0, 0.1) is 11.8 Å². The molecule has 2 rings (SSSR count). The second-order valence-electron chi connectivity index (χ2n) is 5.59. The number of benzene rings is 1. The van der Waals surface area contributed by atoms with Crippen LogP contribution >= 0.6 is 0 Å². The van der Waals surface area contributed by atoms with Crippen molar-refractivity contribution in [2.45, 2.75) is 39.0 Å². The molecular formula is C16H20O3. The first kappa shape index (κ1) is 13.8. The van der Waals surface area contributed by atoms with Crippen LogP contribution in [-0.2, 0) is 4.79 Å². The van der Waals surface area contributed by atoms with Crippen molar-refractivity contribution in [1.82, 2.24) is 0 Å². The molecule has 0 aliphatic heterocycles. The van der Waals surface area contributed by atoms with Gasteiger partial charge in [-0.25, -0.2) is 0 Å². The number of ketones is 1. The van der Waals surface area contributed by atoms with Crippen molar-refractivity contribution >= 4 is 11.8 Å². The molecule has 0 spiro atoms. The highest BCUT2D eigenvalue weighted by Crippen LogP contribution is 2.35. The van der Waals surface area contributed by atoms with Crippen molar-refractivity contribution in [1.29, 1.82) is 0 Å². The van der Waals surface area contributed by atoms with Gasteiger partial charge < -0.3 is 5.11 Å². The standard InChI is InChI=1S/C16H20O3/c1-10(2)11-6-3-4-7-12(11)15(17)13-8-5-9-14(13)16(18)19/h3-4,6-7,10,13-14H,5,8-9H2,1-2H3,(H,18,19)/t13-,14-/m1/s1. The lowest BCUT2D eigenvalue weighted by Gasteiger charge is -2.18. The van der Waals surface area contributed by atoms with Crippen molar-refractivity contribution in [3.8, 4) is 0 Å². The third-order valence-corrected chi connectivity index (χ3v) is 4.02. The Morgan fingerprint density at radius 1 is 1.16 bits per heavy atom. The van der Waals surface area contributed by atoms with Crippen LogP contribution < -0.4 is 0 Å². The minimum Gasteiger partial charge on any atom is -0.481 e. The van der Waals surface area contributed by atoms with E-state index in [9.17, 15) is 14.7 Å². The quantitative estimate of drug-likeness (QED) is 0.843. The summed E-state index contributed by atoms with van der Waals surface area (Å²) in [6, 6.07) is 7.57. The molecule has 1 saturated carbocycles. The molecule has 1 N–H and O–H groups in total. The molecule has 102 valence electrons. The molecule has 0 heterocycles. The third kappa shape index (κ3) is 2.70. The van der Waals surface area contributed by atoms with Crippen LogP contribution in [-0.4, -0.2) is 16.9 Å². The molecule has 0 bridgehead atoms. The molecular weight excluding hydrogens is 240 g/mol. The highest BCUT2D eigenvalue weighted by atomic mass is 16.4. The number of carboxylic acid groups (broad SMARTS) is 1. The summed E-state index contributed by atoms with van der Waals surface area (Å²) in [7, 11) is 0. The number of carbonyl (C=O) groups excluding carboxylic acids is 1. The summed E-state index contributed by atoms with van der Waals surface area (Å²) in [5.41, 5.74) is 1.72. The fourth-order valence-electron chi connectivity index (χ4n) is 2.99. The van der Waals surface area contributed by atoms with Gasteiger partial charge in [-0.3, -0.25) is 9.59 Å². The van der Waals surface area contributed by atoms with E-state index in [1.165, 1.54) is 0 Å². The molecule has 3 heteroatoms. The van der Waals surface area contributed by atoms with Gasteiger partial charge in [-0.05, 0) is 24.3 Å². The number of carbonyl (C=O) groups is 2. The van der Waals surface area contributed by atoms with E-state index < -0.39 is 11.9 Å². The molecule has 0 unspecified atom stereocenters. The van der Waals surface area contributed by atoms with E-state index in [2.05, 4.69) is 13.8 Å². The Balaban J connectivity index is 2.32. The molecule has 1 fully saturated rings. The van der Waals surface area contributed by atoms with Gasteiger partial charge in [0.2, 0.25) is 0 Å². The van der Waals surface area contributed by atoms with E-state index in [-0.39, 0.29) is 17.6 Å². The van der Waals surface area contributed by atoms with Crippen LogP contribution in [0.25, 0.3) is 0 Å². The smallest absolute Gasteiger partial charge is 0.307 e. The minimum atomic E-state index is -0.835. The Morgan fingerprint density at radius 3 is 2.42 bits per heavy atom. The van der Waals surface area contributed by atoms with E-state index in [1.54, 1.807) is 0 Å². The van der Waals surface area contributed by atoms with Crippen molar-refractivity contribution in [2.75, 3.05) is 0 Å². The third-order valence-electron chi connectivity index (χ3n) is 4.02. The van der Waals surface area contributed by atoms with Crippen LogP contribution in [0.1, 0.15) is 54.9 Å². The van der Waals surface area contributed by atoms with Gasteiger partial charge in [-0.15, -0.1) is 0 Å². The zero-order valence-corrected chi connectivity index (χ0v) is 11.4. The highest BCUT2D eigenvalue weighted by Gasteiger charge is 2.38. The van der Waals surface area contributed by atoms with Gasteiger partial charge in [0.15, 0.2) is 5.78 Å². The van der Waals surface area contributed by atoms with Crippen LogP contribution in [0.4, 0.5) is 0 Å². The average Bonchev–Trinajstić information content (AvgIpc) is 2.87. The first-order valence-corrected chi connectivity index (χ1v) is 6.88. The lowest BCUT2D eigenvalue weighted by Crippen LogP contribution is -2.26. The monoisotopic (exact) mass is 260 g/mol. The lowest BCUT2D eigenvalue weighted by molar-refractivity contribution is -0.142. The molecule has 0 amide bonds. The van der Waals surface area contributed by atoms with Gasteiger partial charge in [0.05, 0.1) is 5.92 Å². The number of Topliss-reactive ketones (excluding diaryl/α,β-unsaturated/α-hetero) is 1. The zero-order chi connectivity index (χ0) is 14.0. The molecule has 19 heavy (non-hydrogen) atoms. The molecule has 1 aliphatic rings. The Hall–Kier alpha value is -1.64. The molecule has 1 aromatic rings. The second kappa shape index (κ2) is 5.55. The maximum Gasteiger partial charge on any atom is 0.307 e. The minimum absolute atomic E-state index is 0.00852. The van der Waals surface area contributed by atoms with Crippen molar-refractivity contribution in [2.24, 2.45) is 11.8 Å². The van der Waals surface area contributed by atoms with E-state index in [0.717, 1.165) is 12.0 Å². The van der Waals surface area contributed by atoms with Gasteiger partial charge in [0.1, 0.15) is 0 Å². The predicted octanol–water partition coefficient (Wildman–Crippen LogP) is 3.49. The van der Waals surface area contributed by atoms with Gasteiger partial charge >= 0.3 is 5.97 Å². The van der Waals surface area contributed by atoms with Gasteiger partial charge in [0, 0.05) is 11.5 Å². The zero-order valence-electron chi connectivity index (χ0n) is 11.4. The highest BCUT2D eigenvalue weighted by molar-refractivity contribution is 6.01. The molecule has 1 aliphatic carbocycles. The van der Waals surface area contributed by atoms with Crippen LogP contribution in [0.2, 0.25) is 0 Å². The number of aliphatic carboxylic acids is 1. The summed E-state index contributed by atoms with van der Waals surface area (Å²) in [6.45, 7) is 4.10. The number of hydrogen-bond acceptors (Lipinski definition) is 2. The van der Waals surface area contributed by atoms with E-state index in [0.29, 0.717) is 18.4 Å². The number of hydrogen-bond donors (Lipinski definition) is 1. The van der Waals surface area contributed by atoms with Crippen LogP contribution in [0.3, 0.4) is 0 Å². The summed E-state index contributed by atoms with van der Waals surface area (Å²) in [5.74, 6) is -1.41. The molecule has 1 aromatic carbocycles. The summed E-state index contributed by atoms with van der Waals surface area (Å²) in [5, 5.41) is 9.21. The van der Waals surface area contributed by atoms with E-state index in [1.807, 2.05) is 24.3 Å². The Bertz CT molecular complexity index is 491. The molecule has 0 radical (unpaired) electrons. The Morgan fingerprint density at radius 2 is 1.79 bits per heavy atom. The molecule has 2 atom stereocenters. The van der Waals surface area contributed by atoms with E-state index >= 15 is 0 Å². The van der Waals surface area contributed by atoms with Gasteiger partial charge in [-0.1, -0.05) is 44.5 Å². The predicted molar refractivity (Wildman–Crippen MR) is 73.3 cm³/mol. The van der Waals surface area contributed by atoms with Crippen LogP contribution in [0.5, 0.6) is 0 Å². The van der Waals surface area contributed by atoms with Gasteiger partial charge in [0.25, 0.3) is 0 Å². The Kier molecular flexibility index (Phi) is 4.03. The SMILES string of the molecule is CC(C)c1ccccc1C(=O)[C@@H]1CCC[C@H]1C(=O)O. The van der Waals surface area contributed by atoms with Crippen molar-refractivity contribution in [3.05, 3.63) is 35.4 Å². The normalized spacial score (nSPS) is 22.7. The van der Waals surface area contributed by atoms with Crippen molar-refractivity contribution in [3.63, 3.8) is 0 Å². The fourth-order valence-corrected chi connectivity index (χ4v) is 2.99. The maximum atomic E-state index is 12.6. The number of rotatable bonds is 4. The van der Waals surface area contributed by atoms with E-state index in [4.69, 9.17) is 0 Å². The van der Waals surface area contributed by atoms with Crippen LogP contribution in [0.15, 0.2) is 24.3 Å². The molecule has 0 aromatic heterocycles. The summed E-state index contributed by atoms with van der Waals surface area (Å²) >= 11 is 0. The fraction of sp³-hybridized carbons (Fsp3) is 0.500. The second-order valence-corrected chi connectivity index (χ2v) is 5.59. The average molecular weight is 260 g/mol. The first-order chi connectivity index (χ1) is 9.02. The largest absolute Gasteiger partial charge is 0.481 e. The lowest BCUT2D eigenvalue weighted by atomic mass is 9.84. The molecule has 0 saturated heterocycles. The topological polar surface area (TPSA) is 54.4 Å². The molecule has 3 nitrogen and oxygen atoms in total. The summed E-state index contributed by atoms with van der Waals surface area (Å²) < 4.78 is 0. The first-order valence-electron chi connectivity index (χ1n) is 6.88. The van der Waals surface area contributed by atoms with Crippen molar-refractivity contribution < 1.29 is 14.7 Å². The Labute approximate surface area is 113 Å². The maximum absolute atomic E-state index is 12.6. The summed E-state index contributed by atoms with van der Waals surface area (Å²) in [6.07, 6.45) is 2.15. The van der Waals surface area contributed by atoms with Gasteiger partial charge in [-0.2, -0.15) is 0 Å². The summed E-state index contributed by atoms with van der Waals surface area (Å²) in [4.78, 5) is 23.8. The number of carboxylic acids is 1.